The van der Waals surface area contributed by atoms with Crippen LogP contribution in [-0.2, 0) is 19.8 Å². The van der Waals surface area contributed by atoms with Gasteiger partial charge in [0.2, 0.25) is 0 Å². The summed E-state index contributed by atoms with van der Waals surface area (Å²) in [6.07, 6.45) is -2.88. The number of nitrogens with zero attached hydrogens (tertiary/aromatic N) is 3. The molecule has 0 fully saturated rings. The molecule has 2 N–H and O–H groups in total. The first-order valence-corrected chi connectivity index (χ1v) is 5.67. The van der Waals surface area contributed by atoms with Gasteiger partial charge < -0.3 is 9.88 Å². The molecule has 1 amide bonds. The summed E-state index contributed by atoms with van der Waals surface area (Å²) in [5, 5.41) is 7.66. The molecule has 9 heteroatoms. The minimum Gasteiger partial charge on any atom is -0.354 e. The maximum absolute atomic E-state index is 12.3. The summed E-state index contributed by atoms with van der Waals surface area (Å²) in [6.45, 7) is 1.61. The van der Waals surface area contributed by atoms with Crippen molar-refractivity contribution in [1.82, 2.24) is 25.1 Å². The Bertz CT molecular complexity index is 628. The fourth-order valence-corrected chi connectivity index (χ4v) is 1.61. The highest BCUT2D eigenvalue weighted by molar-refractivity contribution is 5.95. The van der Waals surface area contributed by atoms with Crippen molar-refractivity contribution in [2.45, 2.75) is 19.6 Å². The number of hydrogen-bond acceptors (Lipinski definition) is 3. The number of hydrogen-bond donors (Lipinski definition) is 2. The smallest absolute Gasteiger partial charge is 0.354 e. The summed E-state index contributed by atoms with van der Waals surface area (Å²) in [4.78, 5) is 15.1. The molecule has 6 nitrogen and oxygen atoms in total. The monoisotopic (exact) mass is 287 g/mol. The number of carbonyl (C=O) groups excluding carboxylic acids is 1. The van der Waals surface area contributed by atoms with Gasteiger partial charge in [0.1, 0.15) is 5.82 Å². The number of aromatic amines is 1. The molecule has 2 heterocycles. The van der Waals surface area contributed by atoms with Crippen molar-refractivity contribution in [3.05, 3.63) is 35.2 Å². The molecule has 2 rings (SSSR count). The minimum absolute atomic E-state index is 0.0562. The molecule has 0 aliphatic rings. The molecular formula is C11H12F3N5O. The van der Waals surface area contributed by atoms with Gasteiger partial charge in [-0.15, -0.1) is 5.10 Å². The summed E-state index contributed by atoms with van der Waals surface area (Å²) in [6, 6.07) is 1.63. The first-order valence-electron chi connectivity index (χ1n) is 5.67. The van der Waals surface area contributed by atoms with Crippen LogP contribution in [0.25, 0.3) is 0 Å². The Morgan fingerprint density at radius 3 is 2.70 bits per heavy atom. The summed E-state index contributed by atoms with van der Waals surface area (Å²) >= 11 is 0. The lowest BCUT2D eigenvalue weighted by Crippen LogP contribution is -2.24. The Morgan fingerprint density at radius 1 is 1.50 bits per heavy atom. The lowest BCUT2D eigenvalue weighted by atomic mass is 10.2. The van der Waals surface area contributed by atoms with Crippen LogP contribution < -0.4 is 5.32 Å². The minimum atomic E-state index is -4.60. The molecular weight excluding hydrogens is 275 g/mol. The number of halogens is 3. The molecule has 0 spiro atoms. The van der Waals surface area contributed by atoms with E-state index in [0.717, 1.165) is 5.69 Å². The van der Waals surface area contributed by atoms with E-state index in [1.54, 1.807) is 30.8 Å². The highest BCUT2D eigenvalue weighted by Crippen LogP contribution is 2.25. The highest BCUT2D eigenvalue weighted by Gasteiger charge is 2.36. The molecule has 0 saturated heterocycles. The number of amides is 1. The molecule has 108 valence electrons. The van der Waals surface area contributed by atoms with E-state index in [9.17, 15) is 18.0 Å². The standard InChI is InChI=1S/C11H12F3N5O/c1-6-7(3-4-19(6)2)9(20)15-5-8-16-10(18-17-8)11(12,13)14/h3-4H,5H2,1-2H3,(H,15,20)(H,16,17,18). The number of aromatic nitrogens is 4. The Kier molecular flexibility index (Phi) is 3.51. The van der Waals surface area contributed by atoms with E-state index in [1.807, 2.05) is 0 Å². The van der Waals surface area contributed by atoms with Crippen molar-refractivity contribution < 1.29 is 18.0 Å². The molecule has 2 aromatic rings. The van der Waals surface area contributed by atoms with Gasteiger partial charge in [0.15, 0.2) is 0 Å². The van der Waals surface area contributed by atoms with Crippen LogP contribution >= 0.6 is 0 Å². The van der Waals surface area contributed by atoms with Crippen molar-refractivity contribution in [2.24, 2.45) is 7.05 Å². The predicted octanol–water partition coefficient (Wildman–Crippen LogP) is 1.40. The number of rotatable bonds is 3. The van der Waals surface area contributed by atoms with Crippen LogP contribution in [0.5, 0.6) is 0 Å². The van der Waals surface area contributed by atoms with Crippen LogP contribution in [0.4, 0.5) is 13.2 Å². The molecule has 20 heavy (non-hydrogen) atoms. The summed E-state index contributed by atoms with van der Waals surface area (Å²) in [5.41, 5.74) is 1.22. The van der Waals surface area contributed by atoms with Gasteiger partial charge in [0.25, 0.3) is 11.7 Å². The zero-order valence-corrected chi connectivity index (χ0v) is 10.7. The average Bonchev–Trinajstić information content (AvgIpc) is 2.95. The van der Waals surface area contributed by atoms with E-state index in [-0.39, 0.29) is 18.3 Å². The maximum Gasteiger partial charge on any atom is 0.453 e. The first-order chi connectivity index (χ1) is 9.29. The van der Waals surface area contributed by atoms with Crippen LogP contribution in [0.15, 0.2) is 12.3 Å². The van der Waals surface area contributed by atoms with Gasteiger partial charge in [-0.1, -0.05) is 0 Å². The molecule has 0 bridgehead atoms. The molecule has 0 saturated carbocycles. The average molecular weight is 287 g/mol. The normalized spacial score (nSPS) is 11.7. The molecule has 0 radical (unpaired) electrons. The quantitative estimate of drug-likeness (QED) is 0.896. The maximum atomic E-state index is 12.3. The fraction of sp³-hybridized carbons (Fsp3) is 0.364. The number of aryl methyl sites for hydroxylation is 1. The van der Waals surface area contributed by atoms with Gasteiger partial charge in [-0.05, 0) is 13.0 Å². The van der Waals surface area contributed by atoms with Crippen molar-refractivity contribution in [2.75, 3.05) is 0 Å². The van der Waals surface area contributed by atoms with E-state index in [4.69, 9.17) is 0 Å². The van der Waals surface area contributed by atoms with Gasteiger partial charge in [0.05, 0.1) is 12.1 Å². The summed E-state index contributed by atoms with van der Waals surface area (Å²) in [7, 11) is 1.79. The van der Waals surface area contributed by atoms with Crippen molar-refractivity contribution in [1.29, 1.82) is 0 Å². The largest absolute Gasteiger partial charge is 0.453 e. The topological polar surface area (TPSA) is 75.6 Å². The number of H-pyrrole nitrogens is 1. The third-order valence-corrected chi connectivity index (χ3v) is 2.83. The third kappa shape index (κ3) is 2.81. The number of nitrogens with one attached hydrogen (secondary N) is 2. The predicted molar refractivity (Wildman–Crippen MR) is 62.7 cm³/mol. The lowest BCUT2D eigenvalue weighted by molar-refractivity contribution is -0.144. The zero-order chi connectivity index (χ0) is 14.9. The van der Waals surface area contributed by atoms with Crippen LogP contribution in [0, 0.1) is 6.92 Å². The molecule has 0 atom stereocenters. The highest BCUT2D eigenvalue weighted by atomic mass is 19.4. The van der Waals surface area contributed by atoms with Crippen molar-refractivity contribution >= 4 is 5.91 Å². The first kappa shape index (κ1) is 14.1. The van der Waals surface area contributed by atoms with Crippen LogP contribution in [0.3, 0.4) is 0 Å². The molecule has 2 aromatic heterocycles. The van der Waals surface area contributed by atoms with Crippen LogP contribution in [0.1, 0.15) is 27.7 Å². The van der Waals surface area contributed by atoms with E-state index in [2.05, 4.69) is 20.5 Å². The Hall–Kier alpha value is -2.32. The SMILES string of the molecule is Cc1c(C(=O)NCc2nc(C(F)(F)F)n[nH]2)ccn1C. The second-order valence-electron chi connectivity index (χ2n) is 4.21. The number of carbonyl (C=O) groups is 1. The second kappa shape index (κ2) is 4.99. The van der Waals surface area contributed by atoms with Crippen molar-refractivity contribution in [3.63, 3.8) is 0 Å². The lowest BCUT2D eigenvalue weighted by Gasteiger charge is -2.03. The van der Waals surface area contributed by atoms with Gasteiger partial charge in [-0.3, -0.25) is 9.89 Å². The van der Waals surface area contributed by atoms with Gasteiger partial charge in [-0.25, -0.2) is 4.98 Å². The molecule has 0 aliphatic heterocycles. The fourth-order valence-electron chi connectivity index (χ4n) is 1.61. The van der Waals surface area contributed by atoms with E-state index in [0.29, 0.717) is 5.56 Å². The Balaban J connectivity index is 2.00. The summed E-state index contributed by atoms with van der Waals surface area (Å²) < 4.78 is 38.6. The Labute approximate surface area is 112 Å². The molecule has 0 aliphatic carbocycles. The third-order valence-electron chi connectivity index (χ3n) is 2.83. The van der Waals surface area contributed by atoms with E-state index < -0.39 is 12.0 Å². The van der Waals surface area contributed by atoms with E-state index >= 15 is 0 Å². The van der Waals surface area contributed by atoms with Gasteiger partial charge >= 0.3 is 6.18 Å². The number of alkyl halides is 3. The molecule has 0 unspecified atom stereocenters. The summed E-state index contributed by atoms with van der Waals surface area (Å²) in [5.74, 6) is -1.69. The van der Waals surface area contributed by atoms with Gasteiger partial charge in [-0.2, -0.15) is 13.2 Å². The Morgan fingerprint density at radius 2 is 2.20 bits per heavy atom. The van der Waals surface area contributed by atoms with Crippen LogP contribution in [-0.4, -0.2) is 25.7 Å². The second-order valence-corrected chi connectivity index (χ2v) is 4.21. The van der Waals surface area contributed by atoms with Gasteiger partial charge in [0, 0.05) is 18.9 Å². The zero-order valence-electron chi connectivity index (χ0n) is 10.7. The van der Waals surface area contributed by atoms with Crippen molar-refractivity contribution in [3.8, 4) is 0 Å². The van der Waals surface area contributed by atoms with E-state index in [1.165, 1.54) is 0 Å². The molecule has 0 aromatic carbocycles. The van der Waals surface area contributed by atoms with Crippen LogP contribution in [0.2, 0.25) is 0 Å².